The fraction of sp³-hybridized carbons (Fsp3) is 0.120. The molecule has 32 heavy (non-hydrogen) atoms. The van der Waals surface area contributed by atoms with Crippen LogP contribution in [0.3, 0.4) is 0 Å². The van der Waals surface area contributed by atoms with Gasteiger partial charge in [-0.3, -0.25) is 15.1 Å². The van der Waals surface area contributed by atoms with E-state index in [9.17, 15) is 4.79 Å². The van der Waals surface area contributed by atoms with E-state index in [0.717, 1.165) is 28.2 Å². The molecule has 0 saturated carbocycles. The number of rotatable bonds is 7. The van der Waals surface area contributed by atoms with Crippen LogP contribution in [-0.2, 0) is 19.4 Å². The van der Waals surface area contributed by atoms with Gasteiger partial charge >= 0.3 is 0 Å². The summed E-state index contributed by atoms with van der Waals surface area (Å²) in [6, 6.07) is 23.9. The summed E-state index contributed by atoms with van der Waals surface area (Å²) in [7, 11) is 0. The first kappa shape index (κ1) is 20.1. The highest BCUT2D eigenvalue weighted by molar-refractivity contribution is 7.09. The second-order valence-corrected chi connectivity index (χ2v) is 8.33. The van der Waals surface area contributed by atoms with E-state index in [4.69, 9.17) is 0 Å². The first-order valence-corrected chi connectivity index (χ1v) is 11.3. The van der Waals surface area contributed by atoms with E-state index in [1.807, 2.05) is 65.2 Å². The minimum Gasteiger partial charge on any atom is -0.310 e. The number of nitrogens with one attached hydrogen (secondary N) is 1. The van der Waals surface area contributed by atoms with Gasteiger partial charge in [0.25, 0.3) is 5.91 Å². The Bertz CT molecular complexity index is 1340. The zero-order valence-corrected chi connectivity index (χ0v) is 18.1. The molecule has 158 valence electrons. The predicted octanol–water partition coefficient (Wildman–Crippen LogP) is 4.97. The van der Waals surface area contributed by atoms with E-state index in [1.54, 1.807) is 11.6 Å². The van der Waals surface area contributed by atoms with Crippen LogP contribution >= 0.6 is 11.3 Å². The summed E-state index contributed by atoms with van der Waals surface area (Å²) < 4.78 is 2.03. The largest absolute Gasteiger partial charge is 0.310 e. The van der Waals surface area contributed by atoms with Crippen molar-refractivity contribution in [2.24, 2.45) is 0 Å². The Balaban J connectivity index is 1.36. The summed E-state index contributed by atoms with van der Waals surface area (Å²) in [4.78, 5) is 26.5. The fourth-order valence-corrected chi connectivity index (χ4v) is 4.41. The number of nitrogens with zero attached hydrogens (tertiary/aromatic N) is 4. The molecule has 0 spiro atoms. The van der Waals surface area contributed by atoms with Gasteiger partial charge in [0, 0.05) is 36.7 Å². The van der Waals surface area contributed by atoms with Crippen molar-refractivity contribution in [3.05, 3.63) is 106 Å². The van der Waals surface area contributed by atoms with Gasteiger partial charge in [0.2, 0.25) is 5.95 Å². The lowest BCUT2D eigenvalue weighted by Crippen LogP contribution is -2.17. The molecule has 0 fully saturated rings. The standard InChI is InChI=1S/C25H21N5OS/c31-24(21-17-32-23(27-21)16-18-8-2-1-3-9-18)29-25-28-20-11-4-5-12-22(20)30(25)15-13-19-10-6-7-14-26-19/h1-12,14,17H,13,15-16H2,(H,28,29,31). The van der Waals surface area contributed by atoms with Gasteiger partial charge in [-0.1, -0.05) is 48.5 Å². The molecule has 3 heterocycles. The van der Waals surface area contributed by atoms with Crippen molar-refractivity contribution >= 4 is 34.2 Å². The molecule has 3 aromatic heterocycles. The van der Waals surface area contributed by atoms with Crippen LogP contribution in [0.25, 0.3) is 11.0 Å². The van der Waals surface area contributed by atoms with Crippen molar-refractivity contribution in [2.45, 2.75) is 19.4 Å². The van der Waals surface area contributed by atoms with Crippen LogP contribution in [0.4, 0.5) is 5.95 Å². The summed E-state index contributed by atoms with van der Waals surface area (Å²) in [5.74, 6) is 0.264. The van der Waals surface area contributed by atoms with E-state index in [0.29, 0.717) is 24.6 Å². The lowest BCUT2D eigenvalue weighted by molar-refractivity contribution is 0.102. The molecular weight excluding hydrogens is 418 g/mol. The van der Waals surface area contributed by atoms with Crippen molar-refractivity contribution in [3.8, 4) is 0 Å². The van der Waals surface area contributed by atoms with Gasteiger partial charge in [-0.15, -0.1) is 11.3 Å². The Hall–Kier alpha value is -3.84. The summed E-state index contributed by atoms with van der Waals surface area (Å²) in [5, 5.41) is 5.67. The smallest absolute Gasteiger partial charge is 0.277 e. The molecule has 0 aliphatic rings. The number of imidazole rings is 1. The number of aromatic nitrogens is 4. The van der Waals surface area contributed by atoms with Gasteiger partial charge in [-0.05, 0) is 29.8 Å². The first-order chi connectivity index (χ1) is 15.8. The molecule has 6 nitrogen and oxygen atoms in total. The third kappa shape index (κ3) is 4.43. The number of amides is 1. The van der Waals surface area contributed by atoms with Gasteiger partial charge in [-0.25, -0.2) is 9.97 Å². The van der Waals surface area contributed by atoms with E-state index in [2.05, 4.69) is 32.4 Å². The maximum absolute atomic E-state index is 13.0. The maximum atomic E-state index is 13.0. The third-order valence-electron chi connectivity index (χ3n) is 5.18. The van der Waals surface area contributed by atoms with E-state index >= 15 is 0 Å². The Labute approximate surface area is 189 Å². The van der Waals surface area contributed by atoms with E-state index in [-0.39, 0.29) is 5.91 Å². The first-order valence-electron chi connectivity index (χ1n) is 10.4. The highest BCUT2D eigenvalue weighted by Gasteiger charge is 2.17. The molecule has 7 heteroatoms. The number of aryl methyl sites for hydroxylation is 2. The van der Waals surface area contributed by atoms with Crippen LogP contribution in [-0.4, -0.2) is 25.4 Å². The number of fused-ring (bicyclic) bond motifs is 1. The minimum absolute atomic E-state index is 0.255. The summed E-state index contributed by atoms with van der Waals surface area (Å²) >= 11 is 1.49. The Kier molecular flexibility index (Phi) is 5.72. The van der Waals surface area contributed by atoms with Crippen LogP contribution in [0.2, 0.25) is 0 Å². The molecule has 0 radical (unpaired) electrons. The molecule has 0 bridgehead atoms. The molecule has 0 saturated heterocycles. The van der Waals surface area contributed by atoms with Crippen LogP contribution in [0.15, 0.2) is 84.4 Å². The molecule has 0 aliphatic heterocycles. The average Bonchev–Trinajstić information content (AvgIpc) is 3.43. The molecule has 0 aliphatic carbocycles. The van der Waals surface area contributed by atoms with E-state index < -0.39 is 0 Å². The molecule has 5 aromatic rings. The van der Waals surface area contributed by atoms with Gasteiger partial charge < -0.3 is 4.57 Å². The maximum Gasteiger partial charge on any atom is 0.277 e. The number of thiazole rings is 1. The summed E-state index contributed by atoms with van der Waals surface area (Å²) in [5.41, 5.74) is 4.38. The molecular formula is C25H21N5OS. The van der Waals surface area contributed by atoms with Crippen LogP contribution in [0, 0.1) is 0 Å². The Morgan fingerprint density at radius 3 is 2.59 bits per heavy atom. The number of hydrogen-bond acceptors (Lipinski definition) is 5. The lowest BCUT2D eigenvalue weighted by atomic mass is 10.2. The van der Waals surface area contributed by atoms with Gasteiger partial charge in [0.05, 0.1) is 16.0 Å². The Morgan fingerprint density at radius 1 is 0.938 bits per heavy atom. The fourth-order valence-electron chi connectivity index (χ4n) is 3.60. The number of benzene rings is 2. The molecule has 1 N–H and O–H groups in total. The number of pyridine rings is 1. The topological polar surface area (TPSA) is 72.7 Å². The monoisotopic (exact) mass is 439 g/mol. The van der Waals surface area contributed by atoms with E-state index in [1.165, 1.54) is 16.9 Å². The summed E-state index contributed by atoms with van der Waals surface area (Å²) in [6.45, 7) is 0.656. The summed E-state index contributed by atoms with van der Waals surface area (Å²) in [6.07, 6.45) is 3.24. The highest BCUT2D eigenvalue weighted by atomic mass is 32.1. The second kappa shape index (κ2) is 9.11. The van der Waals surface area contributed by atoms with Crippen molar-refractivity contribution < 1.29 is 4.79 Å². The van der Waals surface area contributed by atoms with Crippen LogP contribution in [0.5, 0.6) is 0 Å². The van der Waals surface area contributed by atoms with Crippen molar-refractivity contribution in [2.75, 3.05) is 5.32 Å². The zero-order chi connectivity index (χ0) is 21.8. The van der Waals surface area contributed by atoms with Crippen molar-refractivity contribution in [1.82, 2.24) is 19.5 Å². The normalized spacial score (nSPS) is 11.0. The van der Waals surface area contributed by atoms with Crippen molar-refractivity contribution in [3.63, 3.8) is 0 Å². The highest BCUT2D eigenvalue weighted by Crippen LogP contribution is 2.22. The number of anilines is 1. The minimum atomic E-state index is -0.255. The van der Waals surface area contributed by atoms with Crippen molar-refractivity contribution in [1.29, 1.82) is 0 Å². The van der Waals surface area contributed by atoms with Gasteiger partial charge in [-0.2, -0.15) is 0 Å². The van der Waals surface area contributed by atoms with Gasteiger partial charge in [0.1, 0.15) is 5.69 Å². The quantitative estimate of drug-likeness (QED) is 0.388. The SMILES string of the molecule is O=C(Nc1nc2ccccc2n1CCc1ccccn1)c1csc(Cc2ccccc2)n1. The molecule has 1 amide bonds. The van der Waals surface area contributed by atoms with Crippen LogP contribution < -0.4 is 5.32 Å². The zero-order valence-electron chi connectivity index (χ0n) is 17.3. The van der Waals surface area contributed by atoms with Crippen LogP contribution in [0.1, 0.15) is 26.8 Å². The molecule has 0 atom stereocenters. The number of hydrogen-bond donors (Lipinski definition) is 1. The molecule has 2 aromatic carbocycles. The average molecular weight is 440 g/mol. The van der Waals surface area contributed by atoms with Gasteiger partial charge in [0.15, 0.2) is 0 Å². The third-order valence-corrected chi connectivity index (χ3v) is 6.03. The molecule has 5 rings (SSSR count). The molecule has 0 unspecified atom stereocenters. The second-order valence-electron chi connectivity index (χ2n) is 7.39. The number of para-hydroxylation sites is 2. The number of carbonyl (C=O) groups is 1. The Morgan fingerprint density at radius 2 is 1.75 bits per heavy atom. The number of carbonyl (C=O) groups excluding carboxylic acids is 1. The lowest BCUT2D eigenvalue weighted by Gasteiger charge is -2.09. The predicted molar refractivity (Wildman–Crippen MR) is 127 cm³/mol.